The maximum atomic E-state index is 12.1. The molecule has 0 spiro atoms. The van der Waals surface area contributed by atoms with E-state index in [2.05, 4.69) is 20.2 Å². The molecule has 0 radical (unpaired) electrons. The average Bonchev–Trinajstić information content (AvgIpc) is 2.38. The van der Waals surface area contributed by atoms with Crippen LogP contribution in [0.1, 0.15) is 32.4 Å². The summed E-state index contributed by atoms with van der Waals surface area (Å²) in [7, 11) is 0. The van der Waals surface area contributed by atoms with Crippen LogP contribution < -0.4 is 10.2 Å². The molecule has 2 heterocycles. The fourth-order valence-corrected chi connectivity index (χ4v) is 2.36. The number of carbonyl (C=O) groups is 1. The SMILES string of the molecule is Cc1ccnc(N2CCCC(C(=O)NC(C)C)C2)n1. The molecule has 1 aromatic rings. The maximum Gasteiger partial charge on any atom is 0.225 e. The lowest BCUT2D eigenvalue weighted by Crippen LogP contribution is -2.45. The van der Waals surface area contributed by atoms with Crippen LogP contribution in [0.2, 0.25) is 0 Å². The molecule has 0 saturated carbocycles. The molecule has 1 amide bonds. The topological polar surface area (TPSA) is 58.1 Å². The van der Waals surface area contributed by atoms with Gasteiger partial charge < -0.3 is 10.2 Å². The van der Waals surface area contributed by atoms with E-state index in [4.69, 9.17) is 0 Å². The molecular weight excluding hydrogens is 240 g/mol. The van der Waals surface area contributed by atoms with E-state index in [1.807, 2.05) is 26.8 Å². The second kappa shape index (κ2) is 5.99. The van der Waals surface area contributed by atoms with Gasteiger partial charge in [-0.05, 0) is 39.7 Å². The highest BCUT2D eigenvalue weighted by Gasteiger charge is 2.27. The van der Waals surface area contributed by atoms with Gasteiger partial charge in [-0.15, -0.1) is 0 Å². The van der Waals surface area contributed by atoms with Crippen molar-refractivity contribution < 1.29 is 4.79 Å². The smallest absolute Gasteiger partial charge is 0.225 e. The predicted octanol–water partition coefficient (Wildman–Crippen LogP) is 1.53. The predicted molar refractivity (Wildman–Crippen MR) is 75.0 cm³/mol. The lowest BCUT2D eigenvalue weighted by molar-refractivity contribution is -0.125. The second-order valence-corrected chi connectivity index (χ2v) is 5.45. The van der Waals surface area contributed by atoms with E-state index in [0.29, 0.717) is 6.54 Å². The Bertz CT molecular complexity index is 447. The Hall–Kier alpha value is -1.65. The molecule has 104 valence electrons. The van der Waals surface area contributed by atoms with Gasteiger partial charge in [-0.3, -0.25) is 4.79 Å². The minimum Gasteiger partial charge on any atom is -0.354 e. The Kier molecular flexibility index (Phi) is 4.35. The Morgan fingerprint density at radius 2 is 2.32 bits per heavy atom. The number of nitrogens with zero attached hydrogens (tertiary/aromatic N) is 3. The summed E-state index contributed by atoms with van der Waals surface area (Å²) in [5.41, 5.74) is 0.957. The Labute approximate surface area is 114 Å². The summed E-state index contributed by atoms with van der Waals surface area (Å²) >= 11 is 0. The monoisotopic (exact) mass is 262 g/mol. The summed E-state index contributed by atoms with van der Waals surface area (Å²) in [5, 5.41) is 2.99. The number of nitrogens with one attached hydrogen (secondary N) is 1. The summed E-state index contributed by atoms with van der Waals surface area (Å²) in [5.74, 6) is 0.926. The molecule has 1 aliphatic heterocycles. The molecule has 5 nitrogen and oxygen atoms in total. The van der Waals surface area contributed by atoms with Gasteiger partial charge in [0.05, 0.1) is 5.92 Å². The quantitative estimate of drug-likeness (QED) is 0.897. The first-order valence-electron chi connectivity index (χ1n) is 6.91. The zero-order valence-corrected chi connectivity index (χ0v) is 11.9. The van der Waals surface area contributed by atoms with Crippen molar-refractivity contribution in [2.45, 2.75) is 39.7 Å². The van der Waals surface area contributed by atoms with Crippen molar-refractivity contribution in [2.24, 2.45) is 5.92 Å². The van der Waals surface area contributed by atoms with Crippen LogP contribution in [-0.4, -0.2) is 35.0 Å². The van der Waals surface area contributed by atoms with Gasteiger partial charge in [0.2, 0.25) is 11.9 Å². The number of piperidine rings is 1. The highest BCUT2D eigenvalue weighted by atomic mass is 16.2. The van der Waals surface area contributed by atoms with Crippen LogP contribution in [0, 0.1) is 12.8 Å². The van der Waals surface area contributed by atoms with Crippen LogP contribution >= 0.6 is 0 Å². The first-order valence-corrected chi connectivity index (χ1v) is 6.91. The van der Waals surface area contributed by atoms with Crippen LogP contribution in [0.4, 0.5) is 5.95 Å². The highest BCUT2D eigenvalue weighted by molar-refractivity contribution is 5.79. The number of amides is 1. The van der Waals surface area contributed by atoms with Crippen LogP contribution in [0.25, 0.3) is 0 Å². The Balaban J connectivity index is 2.03. The van der Waals surface area contributed by atoms with E-state index in [1.165, 1.54) is 0 Å². The third-order valence-corrected chi connectivity index (χ3v) is 3.29. The zero-order valence-electron chi connectivity index (χ0n) is 11.9. The second-order valence-electron chi connectivity index (χ2n) is 5.45. The van der Waals surface area contributed by atoms with E-state index in [1.54, 1.807) is 6.20 Å². The molecule has 19 heavy (non-hydrogen) atoms. The molecule has 1 N–H and O–H groups in total. The van der Waals surface area contributed by atoms with Crippen molar-refractivity contribution in [3.8, 4) is 0 Å². The zero-order chi connectivity index (χ0) is 13.8. The van der Waals surface area contributed by atoms with Crippen molar-refractivity contribution in [3.63, 3.8) is 0 Å². The molecule has 0 bridgehead atoms. The largest absolute Gasteiger partial charge is 0.354 e. The number of hydrogen-bond acceptors (Lipinski definition) is 4. The summed E-state index contributed by atoms with van der Waals surface area (Å²) in [4.78, 5) is 22.9. The third kappa shape index (κ3) is 3.66. The summed E-state index contributed by atoms with van der Waals surface area (Å²) < 4.78 is 0. The Morgan fingerprint density at radius 1 is 1.53 bits per heavy atom. The average molecular weight is 262 g/mol. The molecule has 0 aliphatic carbocycles. The van der Waals surface area contributed by atoms with E-state index >= 15 is 0 Å². The maximum absolute atomic E-state index is 12.1. The van der Waals surface area contributed by atoms with Crippen molar-refractivity contribution >= 4 is 11.9 Å². The van der Waals surface area contributed by atoms with Crippen molar-refractivity contribution in [1.29, 1.82) is 0 Å². The molecule has 2 rings (SSSR count). The normalized spacial score (nSPS) is 19.6. The van der Waals surface area contributed by atoms with E-state index in [0.717, 1.165) is 31.0 Å². The lowest BCUT2D eigenvalue weighted by Gasteiger charge is -2.32. The molecular formula is C14H22N4O. The molecule has 5 heteroatoms. The lowest BCUT2D eigenvalue weighted by atomic mass is 9.97. The van der Waals surface area contributed by atoms with Gasteiger partial charge in [-0.1, -0.05) is 0 Å². The van der Waals surface area contributed by atoms with Gasteiger partial charge in [0, 0.05) is 31.0 Å². The molecule has 1 aromatic heterocycles. The first-order chi connectivity index (χ1) is 9.06. The Morgan fingerprint density at radius 3 is 3.00 bits per heavy atom. The molecule has 1 saturated heterocycles. The fraction of sp³-hybridized carbons (Fsp3) is 0.643. The molecule has 1 atom stereocenters. The number of aromatic nitrogens is 2. The van der Waals surface area contributed by atoms with E-state index < -0.39 is 0 Å². The number of aryl methyl sites for hydroxylation is 1. The number of rotatable bonds is 3. The standard InChI is InChI=1S/C14H22N4O/c1-10(2)16-13(19)12-5-4-8-18(9-12)14-15-7-6-11(3)17-14/h6-7,10,12H,4-5,8-9H2,1-3H3,(H,16,19). The van der Waals surface area contributed by atoms with Crippen LogP contribution in [0.15, 0.2) is 12.3 Å². The van der Waals surface area contributed by atoms with E-state index in [-0.39, 0.29) is 17.9 Å². The van der Waals surface area contributed by atoms with Gasteiger partial charge in [-0.25, -0.2) is 9.97 Å². The van der Waals surface area contributed by atoms with Gasteiger partial charge in [0.1, 0.15) is 0 Å². The summed E-state index contributed by atoms with van der Waals surface area (Å²) in [6.45, 7) is 7.57. The molecule has 1 unspecified atom stereocenters. The first kappa shape index (κ1) is 13.8. The van der Waals surface area contributed by atoms with Gasteiger partial charge in [-0.2, -0.15) is 0 Å². The third-order valence-electron chi connectivity index (χ3n) is 3.29. The van der Waals surface area contributed by atoms with Crippen LogP contribution in [0.3, 0.4) is 0 Å². The van der Waals surface area contributed by atoms with Crippen LogP contribution in [-0.2, 0) is 4.79 Å². The molecule has 1 fully saturated rings. The summed E-state index contributed by atoms with van der Waals surface area (Å²) in [6.07, 6.45) is 3.73. The van der Waals surface area contributed by atoms with E-state index in [9.17, 15) is 4.79 Å². The van der Waals surface area contributed by atoms with Crippen molar-refractivity contribution in [3.05, 3.63) is 18.0 Å². The van der Waals surface area contributed by atoms with Crippen molar-refractivity contribution in [1.82, 2.24) is 15.3 Å². The minimum absolute atomic E-state index is 0.0419. The van der Waals surface area contributed by atoms with Gasteiger partial charge in [0.15, 0.2) is 0 Å². The van der Waals surface area contributed by atoms with Crippen molar-refractivity contribution in [2.75, 3.05) is 18.0 Å². The molecule has 1 aliphatic rings. The number of anilines is 1. The van der Waals surface area contributed by atoms with Crippen LogP contribution in [0.5, 0.6) is 0 Å². The summed E-state index contributed by atoms with van der Waals surface area (Å²) in [6, 6.07) is 2.08. The highest BCUT2D eigenvalue weighted by Crippen LogP contribution is 2.20. The fourth-order valence-electron chi connectivity index (χ4n) is 2.36. The molecule has 0 aromatic carbocycles. The minimum atomic E-state index is 0.0419. The van der Waals surface area contributed by atoms with Gasteiger partial charge >= 0.3 is 0 Å². The number of hydrogen-bond donors (Lipinski definition) is 1. The van der Waals surface area contributed by atoms with Gasteiger partial charge in [0.25, 0.3) is 0 Å². The number of carbonyl (C=O) groups excluding carboxylic acids is 1.